The number of nitrogens with zero attached hydrogens (tertiary/aromatic N) is 2. The third kappa shape index (κ3) is 3.43. The lowest BCUT2D eigenvalue weighted by Crippen LogP contribution is -2.00. The zero-order valence-electron chi connectivity index (χ0n) is 13.4. The minimum Gasteiger partial charge on any atom is -0.497 e. The largest absolute Gasteiger partial charge is 0.497 e. The number of H-pyrrole nitrogens is 1. The maximum atomic E-state index is 11.0. The minimum atomic E-state index is -0.320. The van der Waals surface area contributed by atoms with Crippen LogP contribution in [0.4, 0.5) is 0 Å². The van der Waals surface area contributed by atoms with Gasteiger partial charge in [0.05, 0.1) is 7.11 Å². The van der Waals surface area contributed by atoms with Crippen LogP contribution in [-0.4, -0.2) is 28.3 Å². The second kappa shape index (κ2) is 6.95. The molecule has 0 saturated heterocycles. The zero-order valence-corrected chi connectivity index (χ0v) is 13.4. The first-order valence-corrected chi connectivity index (χ1v) is 7.46. The Hall–Kier alpha value is -3.15. The molecule has 0 saturated carbocycles. The predicted octanol–water partition coefficient (Wildman–Crippen LogP) is 3.21. The van der Waals surface area contributed by atoms with E-state index in [-0.39, 0.29) is 12.6 Å². The molecule has 2 aromatic carbocycles. The van der Waals surface area contributed by atoms with Crippen LogP contribution in [0.5, 0.6) is 5.75 Å². The average molecular weight is 323 g/mol. The molecule has 24 heavy (non-hydrogen) atoms. The summed E-state index contributed by atoms with van der Waals surface area (Å²) < 4.78 is 10.3. The Bertz CT molecular complexity index is 858. The van der Waals surface area contributed by atoms with Gasteiger partial charge in [-0.05, 0) is 12.1 Å². The third-order valence-corrected chi connectivity index (χ3v) is 3.52. The van der Waals surface area contributed by atoms with Crippen LogP contribution in [0, 0.1) is 0 Å². The Kier molecular flexibility index (Phi) is 4.56. The van der Waals surface area contributed by atoms with E-state index in [1.165, 1.54) is 6.92 Å². The van der Waals surface area contributed by atoms with Crippen molar-refractivity contribution in [3.05, 3.63) is 54.1 Å². The Morgan fingerprint density at radius 2 is 2.00 bits per heavy atom. The molecule has 1 aromatic heterocycles. The molecule has 1 N–H and O–H groups in total. The number of benzene rings is 2. The highest BCUT2D eigenvalue weighted by Crippen LogP contribution is 2.25. The lowest BCUT2D eigenvalue weighted by atomic mass is 10.1. The molecule has 0 atom stereocenters. The fraction of sp³-hybridized carbons (Fsp3) is 0.167. The van der Waals surface area contributed by atoms with Gasteiger partial charge in [-0.1, -0.05) is 36.4 Å². The number of esters is 1. The van der Waals surface area contributed by atoms with Gasteiger partial charge in [-0.15, -0.1) is 0 Å². The summed E-state index contributed by atoms with van der Waals surface area (Å²) in [6, 6.07) is 15.1. The maximum Gasteiger partial charge on any atom is 0.302 e. The first kappa shape index (κ1) is 15.7. The van der Waals surface area contributed by atoms with Crippen molar-refractivity contribution in [2.24, 2.45) is 0 Å². The van der Waals surface area contributed by atoms with Crippen molar-refractivity contribution in [2.75, 3.05) is 7.11 Å². The van der Waals surface area contributed by atoms with Gasteiger partial charge < -0.3 is 9.47 Å². The van der Waals surface area contributed by atoms with Crippen molar-refractivity contribution in [1.82, 2.24) is 15.2 Å². The van der Waals surface area contributed by atoms with Gasteiger partial charge in [0, 0.05) is 23.6 Å². The number of hydrogen-bond donors (Lipinski definition) is 1. The fourth-order valence-electron chi connectivity index (χ4n) is 2.33. The second-order valence-corrected chi connectivity index (χ2v) is 5.18. The zero-order chi connectivity index (χ0) is 16.9. The van der Waals surface area contributed by atoms with E-state index in [1.807, 2.05) is 48.5 Å². The number of aromatic amines is 1. The number of aromatic nitrogens is 3. The lowest BCUT2D eigenvalue weighted by molar-refractivity contribution is -0.142. The summed E-state index contributed by atoms with van der Waals surface area (Å²) in [5.41, 5.74) is 2.57. The summed E-state index contributed by atoms with van der Waals surface area (Å²) in [7, 11) is 1.62. The van der Waals surface area contributed by atoms with Crippen LogP contribution in [-0.2, 0) is 16.1 Å². The molecule has 0 bridgehead atoms. The van der Waals surface area contributed by atoms with Gasteiger partial charge in [0.1, 0.15) is 12.4 Å². The molecule has 6 heteroatoms. The molecule has 0 unspecified atom stereocenters. The first-order chi connectivity index (χ1) is 11.7. The van der Waals surface area contributed by atoms with E-state index >= 15 is 0 Å². The Balaban J connectivity index is 1.92. The summed E-state index contributed by atoms with van der Waals surface area (Å²) in [5, 5.41) is 7.22. The molecule has 0 spiro atoms. The van der Waals surface area contributed by atoms with Crippen molar-refractivity contribution in [3.63, 3.8) is 0 Å². The van der Waals surface area contributed by atoms with E-state index in [4.69, 9.17) is 9.47 Å². The Labute approximate surface area is 139 Å². The second-order valence-electron chi connectivity index (χ2n) is 5.18. The van der Waals surface area contributed by atoms with Crippen molar-refractivity contribution in [3.8, 4) is 28.5 Å². The van der Waals surface area contributed by atoms with E-state index in [9.17, 15) is 4.79 Å². The molecule has 3 rings (SSSR count). The van der Waals surface area contributed by atoms with Crippen LogP contribution in [0.15, 0.2) is 48.5 Å². The van der Waals surface area contributed by atoms with Gasteiger partial charge in [0.15, 0.2) is 11.6 Å². The molecule has 0 aliphatic heterocycles. The van der Waals surface area contributed by atoms with Gasteiger partial charge in [0.2, 0.25) is 0 Å². The molecule has 3 aromatic rings. The number of carbonyl (C=O) groups excluding carboxylic acids is 1. The summed E-state index contributed by atoms with van der Waals surface area (Å²) in [6.45, 7) is 1.58. The summed E-state index contributed by atoms with van der Waals surface area (Å²) in [5.74, 6) is 1.62. The van der Waals surface area contributed by atoms with Crippen LogP contribution >= 0.6 is 0 Å². The highest BCUT2D eigenvalue weighted by molar-refractivity contribution is 5.67. The van der Waals surface area contributed by atoms with E-state index in [0.29, 0.717) is 11.6 Å². The van der Waals surface area contributed by atoms with Crippen molar-refractivity contribution in [2.45, 2.75) is 13.5 Å². The Morgan fingerprint density at radius 3 is 2.79 bits per heavy atom. The lowest BCUT2D eigenvalue weighted by Gasteiger charge is -2.06. The van der Waals surface area contributed by atoms with Crippen molar-refractivity contribution in [1.29, 1.82) is 0 Å². The Morgan fingerprint density at radius 1 is 1.17 bits per heavy atom. The smallest absolute Gasteiger partial charge is 0.302 e. The predicted molar refractivity (Wildman–Crippen MR) is 89.3 cm³/mol. The van der Waals surface area contributed by atoms with E-state index in [0.717, 1.165) is 22.4 Å². The molecule has 0 aliphatic carbocycles. The quantitative estimate of drug-likeness (QED) is 0.730. The van der Waals surface area contributed by atoms with Gasteiger partial charge in [-0.2, -0.15) is 5.10 Å². The van der Waals surface area contributed by atoms with Gasteiger partial charge >= 0.3 is 5.97 Å². The number of carbonyl (C=O) groups is 1. The molecule has 1 heterocycles. The summed E-state index contributed by atoms with van der Waals surface area (Å²) in [4.78, 5) is 15.6. The SMILES string of the molecule is COc1cccc(-c2n[nH]c(-c3ccccc3COC(C)=O)n2)c1. The van der Waals surface area contributed by atoms with Gasteiger partial charge in [-0.3, -0.25) is 9.89 Å². The molecule has 0 aliphatic rings. The number of ether oxygens (including phenoxy) is 2. The number of hydrogen-bond acceptors (Lipinski definition) is 5. The van der Waals surface area contributed by atoms with Crippen LogP contribution in [0.25, 0.3) is 22.8 Å². The maximum absolute atomic E-state index is 11.0. The van der Waals surface area contributed by atoms with E-state index in [1.54, 1.807) is 7.11 Å². The number of nitrogens with one attached hydrogen (secondary N) is 1. The van der Waals surface area contributed by atoms with Crippen molar-refractivity contribution < 1.29 is 14.3 Å². The minimum absolute atomic E-state index is 0.195. The molecular formula is C18H17N3O3. The number of rotatable bonds is 5. The molecule has 0 amide bonds. The summed E-state index contributed by atoms with van der Waals surface area (Å²) in [6.07, 6.45) is 0. The van der Waals surface area contributed by atoms with Crippen LogP contribution in [0.2, 0.25) is 0 Å². The monoisotopic (exact) mass is 323 g/mol. The standard InChI is InChI=1S/C18H17N3O3/c1-12(22)24-11-14-6-3-4-9-16(14)18-19-17(20-21-18)13-7-5-8-15(10-13)23-2/h3-10H,11H2,1-2H3,(H,19,20,21). The molecular weight excluding hydrogens is 306 g/mol. The molecule has 0 fully saturated rings. The highest BCUT2D eigenvalue weighted by atomic mass is 16.5. The van der Waals surface area contributed by atoms with Crippen LogP contribution in [0.3, 0.4) is 0 Å². The van der Waals surface area contributed by atoms with E-state index < -0.39 is 0 Å². The van der Waals surface area contributed by atoms with Crippen molar-refractivity contribution >= 4 is 5.97 Å². The topological polar surface area (TPSA) is 77.1 Å². The molecule has 0 radical (unpaired) electrons. The molecule has 122 valence electrons. The van der Waals surface area contributed by atoms with Crippen LogP contribution in [0.1, 0.15) is 12.5 Å². The number of methoxy groups -OCH3 is 1. The fourth-order valence-corrected chi connectivity index (χ4v) is 2.33. The molecule has 6 nitrogen and oxygen atoms in total. The van der Waals surface area contributed by atoms with E-state index in [2.05, 4.69) is 15.2 Å². The average Bonchev–Trinajstić information content (AvgIpc) is 3.10. The summed E-state index contributed by atoms with van der Waals surface area (Å²) >= 11 is 0. The first-order valence-electron chi connectivity index (χ1n) is 7.46. The highest BCUT2D eigenvalue weighted by Gasteiger charge is 2.12. The van der Waals surface area contributed by atoms with Gasteiger partial charge in [-0.25, -0.2) is 4.98 Å². The van der Waals surface area contributed by atoms with Crippen LogP contribution < -0.4 is 4.74 Å². The normalized spacial score (nSPS) is 10.4. The third-order valence-electron chi connectivity index (χ3n) is 3.52. The van der Waals surface area contributed by atoms with Gasteiger partial charge in [0.25, 0.3) is 0 Å².